The lowest BCUT2D eigenvalue weighted by Gasteiger charge is -2.44. The molecule has 0 aliphatic rings. The molecule has 1 N–H and O–H groups in total. The fourth-order valence-corrected chi connectivity index (χ4v) is 10.4. The molecule has 0 heterocycles. The molecule has 0 aromatic heterocycles. The quantitative estimate of drug-likeness (QED) is 0.183. The summed E-state index contributed by atoms with van der Waals surface area (Å²) in [6.07, 6.45) is 1.73. The third kappa shape index (κ3) is 8.40. The van der Waals surface area contributed by atoms with E-state index in [-0.39, 0.29) is 22.1 Å². The van der Waals surface area contributed by atoms with Crippen molar-refractivity contribution in [1.82, 2.24) is 0 Å². The van der Waals surface area contributed by atoms with Crippen LogP contribution in [0.25, 0.3) is 0 Å². The monoisotopic (exact) mass is 552 g/mol. The van der Waals surface area contributed by atoms with E-state index in [0.717, 1.165) is 19.4 Å². The van der Waals surface area contributed by atoms with Gasteiger partial charge in [-0.15, -0.1) is 0 Å². The summed E-state index contributed by atoms with van der Waals surface area (Å²) in [6, 6.07) is 21.4. The molecule has 38 heavy (non-hydrogen) atoms. The first-order chi connectivity index (χ1) is 17.6. The van der Waals surface area contributed by atoms with Crippen LogP contribution >= 0.6 is 0 Å². The van der Waals surface area contributed by atoms with Gasteiger partial charge in [0.05, 0.1) is 6.10 Å². The Morgan fingerprint density at radius 2 is 1.32 bits per heavy atom. The van der Waals surface area contributed by atoms with Crippen molar-refractivity contribution in [3.63, 3.8) is 0 Å². The number of aliphatic hydroxyl groups is 1. The Morgan fingerprint density at radius 3 is 1.76 bits per heavy atom. The van der Waals surface area contributed by atoms with E-state index in [2.05, 4.69) is 141 Å². The minimum absolute atomic E-state index is 0.0608. The number of aliphatic hydroxyl groups excluding tert-OH is 1. The van der Waals surface area contributed by atoms with E-state index in [1.165, 1.54) is 10.4 Å². The predicted molar refractivity (Wildman–Crippen MR) is 168 cm³/mol. The van der Waals surface area contributed by atoms with Crippen molar-refractivity contribution in [2.45, 2.75) is 110 Å². The molecule has 0 radical (unpaired) electrons. The largest absolute Gasteiger partial charge is 0.417 e. The Labute approximate surface area is 235 Å². The first-order valence-corrected chi connectivity index (χ1v) is 19.0. The van der Waals surface area contributed by atoms with Gasteiger partial charge in [-0.1, -0.05) is 121 Å². The van der Waals surface area contributed by atoms with Crippen LogP contribution in [0.1, 0.15) is 74.7 Å². The van der Waals surface area contributed by atoms with Gasteiger partial charge in [0.25, 0.3) is 8.32 Å². The summed E-state index contributed by atoms with van der Waals surface area (Å²) in [7, 11) is -4.32. The first-order valence-electron chi connectivity index (χ1n) is 14.2. The van der Waals surface area contributed by atoms with Crippen LogP contribution in [0, 0.1) is 17.8 Å². The second kappa shape index (κ2) is 13.6. The lowest BCUT2D eigenvalue weighted by atomic mass is 9.99. The second-order valence-corrected chi connectivity index (χ2v) is 22.4. The van der Waals surface area contributed by atoms with Crippen molar-refractivity contribution in [1.29, 1.82) is 0 Å². The Kier molecular flexibility index (Phi) is 11.6. The zero-order valence-electron chi connectivity index (χ0n) is 25.6. The summed E-state index contributed by atoms with van der Waals surface area (Å²) in [6.45, 7) is 23.2. The smallest absolute Gasteiger partial charge is 0.261 e. The standard InChI is InChI=1S/C33H52O3Si2/c1-27(19-18-26-35-37(9,10)32(3,4)5)31(34)25-17-20-28(2)36-38(33(6,7)8,29-21-13-11-14-22-29)30-23-15-12-16-24-30/h11-16,21-24,27-28,31,34H,18-20,26H2,1-10H3/t27-,28?,31?/m0/s1. The van der Waals surface area contributed by atoms with Gasteiger partial charge >= 0.3 is 0 Å². The van der Waals surface area contributed by atoms with Crippen LogP contribution in [0.15, 0.2) is 60.7 Å². The van der Waals surface area contributed by atoms with Crippen LogP contribution in [0.2, 0.25) is 23.2 Å². The first kappa shape index (κ1) is 32.5. The highest BCUT2D eigenvalue weighted by atomic mass is 28.4. The van der Waals surface area contributed by atoms with Crippen molar-refractivity contribution in [2.24, 2.45) is 5.92 Å². The Balaban J connectivity index is 2.06. The lowest BCUT2D eigenvalue weighted by molar-refractivity contribution is 0.157. The zero-order chi connectivity index (χ0) is 28.6. The average molecular weight is 553 g/mol. The SMILES string of the molecule is CC(CC#CC(O)[C@@H](C)CCCO[Si](C)(C)C(C)(C)C)O[Si](c1ccccc1)(c1ccccc1)C(C)(C)C. The van der Waals surface area contributed by atoms with E-state index in [1.54, 1.807) is 0 Å². The maximum atomic E-state index is 10.7. The number of benzene rings is 2. The molecule has 0 fully saturated rings. The molecule has 2 unspecified atom stereocenters. The molecule has 0 aliphatic carbocycles. The topological polar surface area (TPSA) is 38.7 Å². The van der Waals surface area contributed by atoms with Gasteiger partial charge < -0.3 is 14.0 Å². The molecule has 2 aromatic carbocycles. The molecule has 2 rings (SSSR count). The van der Waals surface area contributed by atoms with E-state index in [4.69, 9.17) is 8.85 Å². The normalized spacial score (nSPS) is 15.3. The minimum atomic E-state index is -2.60. The van der Waals surface area contributed by atoms with Gasteiger partial charge in [0.2, 0.25) is 0 Å². The highest BCUT2D eigenvalue weighted by Crippen LogP contribution is 2.38. The van der Waals surface area contributed by atoms with Gasteiger partial charge in [0, 0.05) is 13.0 Å². The molecule has 0 amide bonds. The third-order valence-electron chi connectivity index (χ3n) is 8.05. The molecule has 0 aliphatic heterocycles. The van der Waals surface area contributed by atoms with Crippen molar-refractivity contribution >= 4 is 27.0 Å². The van der Waals surface area contributed by atoms with Crippen LogP contribution in [0.3, 0.4) is 0 Å². The van der Waals surface area contributed by atoms with Crippen molar-refractivity contribution in [2.75, 3.05) is 6.61 Å². The molecule has 0 bridgehead atoms. The zero-order valence-corrected chi connectivity index (χ0v) is 27.6. The molecule has 0 spiro atoms. The van der Waals surface area contributed by atoms with Crippen molar-refractivity contribution in [3.05, 3.63) is 60.7 Å². The molecule has 0 saturated carbocycles. The summed E-state index contributed by atoms with van der Waals surface area (Å²) in [5.41, 5.74) is 0. The van der Waals surface area contributed by atoms with Gasteiger partial charge in [-0.3, -0.25) is 0 Å². The highest BCUT2D eigenvalue weighted by Gasteiger charge is 2.50. The Morgan fingerprint density at radius 1 is 0.816 bits per heavy atom. The maximum Gasteiger partial charge on any atom is 0.261 e. The van der Waals surface area contributed by atoms with E-state index < -0.39 is 22.7 Å². The van der Waals surface area contributed by atoms with Crippen molar-refractivity contribution < 1.29 is 14.0 Å². The number of rotatable bonds is 11. The second-order valence-electron chi connectivity index (χ2n) is 13.3. The fourth-order valence-electron chi connectivity index (χ4n) is 4.59. The highest BCUT2D eigenvalue weighted by molar-refractivity contribution is 6.99. The number of hydrogen-bond acceptors (Lipinski definition) is 3. The molecular formula is C33H52O3Si2. The summed E-state index contributed by atoms with van der Waals surface area (Å²) < 4.78 is 13.4. The molecule has 210 valence electrons. The Hall–Kier alpha value is -1.69. The lowest BCUT2D eigenvalue weighted by Crippen LogP contribution is -2.67. The van der Waals surface area contributed by atoms with Gasteiger partial charge in [-0.2, -0.15) is 0 Å². The van der Waals surface area contributed by atoms with Crippen LogP contribution in [0.4, 0.5) is 0 Å². The average Bonchev–Trinajstić information content (AvgIpc) is 2.84. The third-order valence-corrected chi connectivity index (χ3v) is 17.7. The van der Waals surface area contributed by atoms with E-state index >= 15 is 0 Å². The van der Waals surface area contributed by atoms with E-state index in [9.17, 15) is 5.11 Å². The summed E-state index contributed by atoms with van der Waals surface area (Å²) in [5.74, 6) is 6.47. The van der Waals surface area contributed by atoms with Crippen molar-refractivity contribution in [3.8, 4) is 11.8 Å². The van der Waals surface area contributed by atoms with Gasteiger partial charge in [0.15, 0.2) is 8.32 Å². The number of hydrogen-bond donors (Lipinski definition) is 1. The van der Waals surface area contributed by atoms with Gasteiger partial charge in [0.1, 0.15) is 6.10 Å². The molecule has 0 saturated heterocycles. The van der Waals surface area contributed by atoms with E-state index in [1.807, 2.05) is 0 Å². The minimum Gasteiger partial charge on any atom is -0.417 e. The summed E-state index contributed by atoms with van der Waals surface area (Å²) in [5, 5.41) is 13.4. The molecule has 2 aromatic rings. The summed E-state index contributed by atoms with van der Waals surface area (Å²) in [4.78, 5) is 0. The molecule has 5 heteroatoms. The fraction of sp³-hybridized carbons (Fsp3) is 0.576. The van der Waals surface area contributed by atoms with Crippen LogP contribution in [-0.4, -0.2) is 40.6 Å². The molecule has 3 atom stereocenters. The van der Waals surface area contributed by atoms with Gasteiger partial charge in [-0.05, 0) is 59.2 Å². The molecular weight excluding hydrogens is 501 g/mol. The summed E-state index contributed by atoms with van der Waals surface area (Å²) >= 11 is 0. The van der Waals surface area contributed by atoms with E-state index in [0.29, 0.717) is 6.42 Å². The maximum absolute atomic E-state index is 10.7. The Bertz CT molecular complexity index is 988. The van der Waals surface area contributed by atoms with Gasteiger partial charge in [-0.25, -0.2) is 0 Å². The van der Waals surface area contributed by atoms with Crippen LogP contribution < -0.4 is 10.4 Å². The predicted octanol–water partition coefficient (Wildman–Crippen LogP) is 7.14. The van der Waals surface area contributed by atoms with Crippen LogP contribution in [-0.2, 0) is 8.85 Å². The molecule has 3 nitrogen and oxygen atoms in total. The van der Waals surface area contributed by atoms with Crippen LogP contribution in [0.5, 0.6) is 0 Å².